The lowest BCUT2D eigenvalue weighted by Gasteiger charge is -2.02. The highest BCUT2D eigenvalue weighted by Crippen LogP contribution is 2.31. The number of hydrogen-bond acceptors (Lipinski definition) is 3. The summed E-state index contributed by atoms with van der Waals surface area (Å²) in [6.07, 6.45) is 0. The van der Waals surface area contributed by atoms with E-state index in [9.17, 15) is 8.78 Å². The summed E-state index contributed by atoms with van der Waals surface area (Å²) < 4.78 is 26.7. The molecule has 0 amide bonds. The molecule has 0 atom stereocenters. The van der Waals surface area contributed by atoms with Gasteiger partial charge in [0.1, 0.15) is 22.6 Å². The van der Waals surface area contributed by atoms with E-state index in [1.54, 1.807) is 12.1 Å². The highest BCUT2D eigenvalue weighted by molar-refractivity contribution is 7.16. The predicted molar refractivity (Wildman–Crippen MR) is 58.8 cm³/mol. The van der Waals surface area contributed by atoms with Crippen LogP contribution in [0.3, 0.4) is 0 Å². The number of benzene rings is 1. The molecule has 1 aromatic carbocycles. The number of nitrogens with zero attached hydrogens (tertiary/aromatic N) is 1. The van der Waals surface area contributed by atoms with E-state index in [0.717, 1.165) is 23.5 Å². The van der Waals surface area contributed by atoms with Crippen LogP contribution in [0.25, 0.3) is 10.4 Å². The Morgan fingerprint density at radius 2 is 1.94 bits per heavy atom. The summed E-state index contributed by atoms with van der Waals surface area (Å²) >= 11 is 1.11. The molecule has 0 radical (unpaired) electrons. The van der Waals surface area contributed by atoms with Crippen molar-refractivity contribution in [1.29, 1.82) is 5.26 Å². The molecule has 0 unspecified atom stereocenters. The molecule has 2 rings (SSSR count). The van der Waals surface area contributed by atoms with Gasteiger partial charge >= 0.3 is 0 Å². The molecule has 1 heterocycles. The SMILES string of the molecule is N#Cc1ccc(-c2cc(F)c(N)cc2F)s1. The minimum absolute atomic E-state index is 0.123. The zero-order valence-electron chi connectivity index (χ0n) is 8.00. The fourth-order valence-electron chi connectivity index (χ4n) is 1.29. The number of halogens is 2. The van der Waals surface area contributed by atoms with Crippen LogP contribution in [0.4, 0.5) is 14.5 Å². The zero-order valence-corrected chi connectivity index (χ0v) is 8.81. The third-order valence-corrected chi connectivity index (χ3v) is 3.09. The minimum Gasteiger partial charge on any atom is -0.396 e. The van der Waals surface area contributed by atoms with Crippen LogP contribution >= 0.6 is 11.3 Å². The molecule has 0 aliphatic carbocycles. The smallest absolute Gasteiger partial charge is 0.146 e. The van der Waals surface area contributed by atoms with Crippen molar-refractivity contribution in [1.82, 2.24) is 0 Å². The zero-order chi connectivity index (χ0) is 11.7. The molecule has 0 bridgehead atoms. The van der Waals surface area contributed by atoms with E-state index in [0.29, 0.717) is 9.75 Å². The molecule has 0 saturated carbocycles. The first-order valence-corrected chi connectivity index (χ1v) is 5.18. The second kappa shape index (κ2) is 3.91. The van der Waals surface area contributed by atoms with Crippen molar-refractivity contribution >= 4 is 17.0 Å². The summed E-state index contributed by atoms with van der Waals surface area (Å²) in [5.41, 5.74) is 5.13. The van der Waals surface area contributed by atoms with Crippen LogP contribution < -0.4 is 5.73 Å². The standard InChI is InChI=1S/C11H6F2N2S/c12-8-4-10(15)9(13)3-7(8)11-2-1-6(5-14)16-11/h1-4H,15H2. The summed E-state index contributed by atoms with van der Waals surface area (Å²) in [5, 5.41) is 8.64. The van der Waals surface area contributed by atoms with Crippen molar-refractivity contribution in [3.63, 3.8) is 0 Å². The number of nitriles is 1. The maximum Gasteiger partial charge on any atom is 0.146 e. The summed E-state index contributed by atoms with van der Waals surface area (Å²) in [7, 11) is 0. The Morgan fingerprint density at radius 3 is 2.56 bits per heavy atom. The van der Waals surface area contributed by atoms with Gasteiger partial charge in [-0.15, -0.1) is 11.3 Å². The lowest BCUT2D eigenvalue weighted by molar-refractivity contribution is 0.607. The molecule has 80 valence electrons. The van der Waals surface area contributed by atoms with Gasteiger partial charge in [-0.1, -0.05) is 0 Å². The third kappa shape index (κ3) is 1.75. The molecule has 2 N–H and O–H groups in total. The first-order valence-electron chi connectivity index (χ1n) is 4.36. The molecule has 0 spiro atoms. The van der Waals surface area contributed by atoms with Crippen LogP contribution in [0.2, 0.25) is 0 Å². The normalized spacial score (nSPS) is 10.1. The maximum atomic E-state index is 13.5. The summed E-state index contributed by atoms with van der Waals surface area (Å²) in [4.78, 5) is 0.958. The molecule has 16 heavy (non-hydrogen) atoms. The Hall–Kier alpha value is -1.93. The van der Waals surface area contributed by atoms with Gasteiger partial charge in [-0.2, -0.15) is 5.26 Å². The molecule has 1 aromatic heterocycles. The molecule has 0 fully saturated rings. The second-order valence-corrected chi connectivity index (χ2v) is 4.21. The van der Waals surface area contributed by atoms with Gasteiger partial charge < -0.3 is 5.73 Å². The van der Waals surface area contributed by atoms with Crippen molar-refractivity contribution < 1.29 is 8.78 Å². The molecule has 5 heteroatoms. The van der Waals surface area contributed by atoms with Gasteiger partial charge in [0.2, 0.25) is 0 Å². The van der Waals surface area contributed by atoms with Crippen LogP contribution in [-0.4, -0.2) is 0 Å². The van der Waals surface area contributed by atoms with Gasteiger partial charge in [0, 0.05) is 16.5 Å². The molecule has 0 aliphatic heterocycles. The van der Waals surface area contributed by atoms with Gasteiger partial charge in [0.05, 0.1) is 5.69 Å². The van der Waals surface area contributed by atoms with Gasteiger partial charge in [0.15, 0.2) is 0 Å². The van der Waals surface area contributed by atoms with Crippen molar-refractivity contribution in [3.05, 3.63) is 40.8 Å². The third-order valence-electron chi connectivity index (χ3n) is 2.07. The fourth-order valence-corrected chi connectivity index (χ4v) is 2.11. The topological polar surface area (TPSA) is 49.8 Å². The van der Waals surface area contributed by atoms with E-state index >= 15 is 0 Å². The van der Waals surface area contributed by atoms with E-state index in [-0.39, 0.29) is 11.3 Å². The number of rotatable bonds is 1. The van der Waals surface area contributed by atoms with Crippen molar-refractivity contribution in [2.75, 3.05) is 5.73 Å². The summed E-state index contributed by atoms with van der Waals surface area (Å²) in [5.74, 6) is -1.26. The number of thiophene rings is 1. The van der Waals surface area contributed by atoms with Gasteiger partial charge in [-0.05, 0) is 18.2 Å². The summed E-state index contributed by atoms with van der Waals surface area (Å²) in [6, 6.07) is 7.06. The Labute approximate surface area is 94.6 Å². The fraction of sp³-hybridized carbons (Fsp3) is 0. The number of nitrogen functional groups attached to an aromatic ring is 1. The van der Waals surface area contributed by atoms with Crippen molar-refractivity contribution in [2.24, 2.45) is 0 Å². The van der Waals surface area contributed by atoms with Crippen LogP contribution in [0.5, 0.6) is 0 Å². The Kier molecular flexibility index (Phi) is 2.59. The Bertz CT molecular complexity index is 584. The largest absolute Gasteiger partial charge is 0.396 e. The number of nitrogens with two attached hydrogens (primary N) is 1. The molecular weight excluding hydrogens is 230 g/mol. The van der Waals surface area contributed by atoms with Crippen LogP contribution in [-0.2, 0) is 0 Å². The van der Waals surface area contributed by atoms with E-state index in [2.05, 4.69) is 0 Å². The molecule has 2 aromatic rings. The highest BCUT2D eigenvalue weighted by atomic mass is 32.1. The molecule has 0 saturated heterocycles. The maximum absolute atomic E-state index is 13.5. The number of hydrogen-bond donors (Lipinski definition) is 1. The van der Waals surface area contributed by atoms with Crippen LogP contribution in [0.1, 0.15) is 4.88 Å². The first-order chi connectivity index (χ1) is 7.61. The average Bonchev–Trinajstić information content (AvgIpc) is 2.71. The summed E-state index contributed by atoms with van der Waals surface area (Å²) in [6.45, 7) is 0. The first kappa shape index (κ1) is 10.6. The monoisotopic (exact) mass is 236 g/mol. The predicted octanol–water partition coefficient (Wildman–Crippen LogP) is 3.15. The molecule has 2 nitrogen and oxygen atoms in total. The van der Waals surface area contributed by atoms with E-state index < -0.39 is 11.6 Å². The average molecular weight is 236 g/mol. The van der Waals surface area contributed by atoms with E-state index in [1.165, 1.54) is 0 Å². The Balaban J connectivity index is 2.56. The van der Waals surface area contributed by atoms with Gasteiger partial charge in [0.25, 0.3) is 0 Å². The van der Waals surface area contributed by atoms with E-state index in [4.69, 9.17) is 11.0 Å². The van der Waals surface area contributed by atoms with E-state index in [1.807, 2.05) is 6.07 Å². The molecular formula is C11H6F2N2S. The van der Waals surface area contributed by atoms with Crippen molar-refractivity contribution in [3.8, 4) is 16.5 Å². The quantitative estimate of drug-likeness (QED) is 0.773. The van der Waals surface area contributed by atoms with Gasteiger partial charge in [-0.3, -0.25) is 0 Å². The number of anilines is 1. The Morgan fingerprint density at radius 1 is 1.19 bits per heavy atom. The lowest BCUT2D eigenvalue weighted by Crippen LogP contribution is -1.93. The van der Waals surface area contributed by atoms with Crippen molar-refractivity contribution in [2.45, 2.75) is 0 Å². The minimum atomic E-state index is -0.664. The molecule has 0 aliphatic rings. The lowest BCUT2D eigenvalue weighted by atomic mass is 10.1. The highest BCUT2D eigenvalue weighted by Gasteiger charge is 2.11. The second-order valence-electron chi connectivity index (χ2n) is 3.13. The van der Waals surface area contributed by atoms with Crippen LogP contribution in [0, 0.1) is 23.0 Å². The van der Waals surface area contributed by atoms with Gasteiger partial charge in [-0.25, -0.2) is 8.78 Å². The van der Waals surface area contributed by atoms with Crippen LogP contribution in [0.15, 0.2) is 24.3 Å².